The maximum Gasteiger partial charge on any atom is 0.337 e. The smallest absolute Gasteiger partial charge is 0.337 e. The first-order valence-electron chi connectivity index (χ1n) is 6.64. The van der Waals surface area contributed by atoms with Crippen molar-refractivity contribution < 1.29 is 19.0 Å². The van der Waals surface area contributed by atoms with Crippen LogP contribution in [-0.4, -0.2) is 25.2 Å². The second kappa shape index (κ2) is 5.44. The number of hydrogen-bond acceptors (Lipinski definition) is 5. The Morgan fingerprint density at radius 2 is 2.00 bits per heavy atom. The maximum atomic E-state index is 11.6. The van der Waals surface area contributed by atoms with Gasteiger partial charge in [-0.1, -0.05) is 6.07 Å². The average Bonchev–Trinajstić information content (AvgIpc) is 2.71. The Morgan fingerprint density at radius 1 is 1.14 bits per heavy atom. The first kappa shape index (κ1) is 13.4. The predicted molar refractivity (Wildman–Crippen MR) is 76.1 cm³/mol. The Labute approximate surface area is 122 Å². The molecular weight excluding hydrogens is 270 g/mol. The molecule has 1 aromatic carbocycles. The van der Waals surface area contributed by atoms with Crippen LogP contribution < -0.4 is 9.47 Å². The maximum absolute atomic E-state index is 11.6. The highest BCUT2D eigenvalue weighted by atomic mass is 16.5. The second-order valence-corrected chi connectivity index (χ2v) is 4.71. The number of hydrogen-bond donors (Lipinski definition) is 0. The Kier molecular flexibility index (Phi) is 3.48. The summed E-state index contributed by atoms with van der Waals surface area (Å²) in [7, 11) is 2.95. The predicted octanol–water partition coefficient (Wildman–Crippen LogP) is 2.77. The summed E-state index contributed by atoms with van der Waals surface area (Å²) < 4.78 is 15.8. The second-order valence-electron chi connectivity index (χ2n) is 4.71. The standard InChI is InChI=1S/C16H15NO4/c1-19-15-8-7-13-12(17-15)6-5-10-3-4-11(16(18)20-2)9-14(10)21-13/h3-4,7-9H,5-6H2,1-2H3. The lowest BCUT2D eigenvalue weighted by molar-refractivity contribution is 0.0600. The summed E-state index contributed by atoms with van der Waals surface area (Å²) in [5, 5.41) is 0. The topological polar surface area (TPSA) is 57.7 Å². The van der Waals surface area contributed by atoms with Crippen molar-refractivity contribution in [3.63, 3.8) is 0 Å². The fourth-order valence-electron chi connectivity index (χ4n) is 2.33. The first-order valence-corrected chi connectivity index (χ1v) is 6.64. The normalized spacial score (nSPS) is 12.5. The van der Waals surface area contributed by atoms with Crippen LogP contribution in [0.15, 0.2) is 30.3 Å². The van der Waals surface area contributed by atoms with Crippen LogP contribution >= 0.6 is 0 Å². The first-order chi connectivity index (χ1) is 10.2. The molecule has 0 spiro atoms. The van der Waals surface area contributed by atoms with Crippen LogP contribution in [0, 0.1) is 0 Å². The van der Waals surface area contributed by atoms with Gasteiger partial charge in [0.1, 0.15) is 11.5 Å². The van der Waals surface area contributed by atoms with E-state index in [0.29, 0.717) is 22.9 Å². The minimum Gasteiger partial charge on any atom is -0.481 e. The van der Waals surface area contributed by atoms with E-state index in [1.807, 2.05) is 12.1 Å². The lowest BCUT2D eigenvalue weighted by Crippen LogP contribution is -2.02. The van der Waals surface area contributed by atoms with Gasteiger partial charge in [0.15, 0.2) is 0 Å². The van der Waals surface area contributed by atoms with Gasteiger partial charge in [-0.3, -0.25) is 0 Å². The molecule has 0 amide bonds. The van der Waals surface area contributed by atoms with Crippen LogP contribution in [0.25, 0.3) is 0 Å². The molecule has 2 aromatic rings. The largest absolute Gasteiger partial charge is 0.481 e. The third-order valence-corrected chi connectivity index (χ3v) is 3.46. The van der Waals surface area contributed by atoms with E-state index in [1.165, 1.54) is 7.11 Å². The summed E-state index contributed by atoms with van der Waals surface area (Å²) in [4.78, 5) is 16.0. The van der Waals surface area contributed by atoms with Gasteiger partial charge in [-0.25, -0.2) is 9.78 Å². The van der Waals surface area contributed by atoms with Crippen molar-refractivity contribution in [2.24, 2.45) is 0 Å². The number of ether oxygens (including phenoxy) is 3. The Balaban J connectivity index is 1.99. The van der Waals surface area contributed by atoms with Gasteiger partial charge in [0.05, 0.1) is 25.5 Å². The molecule has 0 radical (unpaired) electrons. The molecule has 1 aliphatic rings. The molecule has 108 valence electrons. The summed E-state index contributed by atoms with van der Waals surface area (Å²) in [6.07, 6.45) is 1.56. The van der Waals surface area contributed by atoms with Crippen LogP contribution in [0.2, 0.25) is 0 Å². The number of rotatable bonds is 2. The zero-order chi connectivity index (χ0) is 14.8. The number of aromatic nitrogens is 1. The van der Waals surface area contributed by atoms with E-state index in [9.17, 15) is 4.79 Å². The lowest BCUT2D eigenvalue weighted by atomic mass is 10.1. The van der Waals surface area contributed by atoms with Crippen molar-refractivity contribution in [2.75, 3.05) is 14.2 Å². The Hall–Kier alpha value is -2.56. The zero-order valence-electron chi connectivity index (χ0n) is 11.9. The molecule has 0 unspecified atom stereocenters. The van der Waals surface area contributed by atoms with Gasteiger partial charge >= 0.3 is 5.97 Å². The van der Waals surface area contributed by atoms with Gasteiger partial charge in [-0.2, -0.15) is 0 Å². The SMILES string of the molecule is COC(=O)c1ccc2c(c1)Oc1ccc(OC)nc1CC2. The molecule has 5 nitrogen and oxygen atoms in total. The Bertz CT molecular complexity index is 697. The van der Waals surface area contributed by atoms with E-state index in [1.54, 1.807) is 25.3 Å². The molecule has 1 aliphatic heterocycles. The minimum atomic E-state index is -0.376. The molecule has 0 aliphatic carbocycles. The van der Waals surface area contributed by atoms with E-state index >= 15 is 0 Å². The summed E-state index contributed by atoms with van der Waals surface area (Å²) in [6.45, 7) is 0. The molecule has 0 fully saturated rings. The molecule has 0 N–H and O–H groups in total. The molecule has 5 heteroatoms. The molecule has 2 heterocycles. The third kappa shape index (κ3) is 2.54. The molecular formula is C16H15NO4. The van der Waals surface area contributed by atoms with Crippen molar-refractivity contribution in [2.45, 2.75) is 12.8 Å². The zero-order valence-corrected chi connectivity index (χ0v) is 11.9. The molecule has 3 rings (SSSR count). The number of fused-ring (bicyclic) bond motifs is 2. The summed E-state index contributed by atoms with van der Waals surface area (Å²) in [5.41, 5.74) is 2.37. The molecule has 21 heavy (non-hydrogen) atoms. The van der Waals surface area contributed by atoms with Gasteiger partial charge < -0.3 is 14.2 Å². The minimum absolute atomic E-state index is 0.376. The number of methoxy groups -OCH3 is 2. The number of aryl methyl sites for hydroxylation is 2. The molecule has 1 aromatic heterocycles. The number of nitrogens with zero attached hydrogens (tertiary/aromatic N) is 1. The van der Waals surface area contributed by atoms with E-state index in [0.717, 1.165) is 24.1 Å². The van der Waals surface area contributed by atoms with E-state index in [4.69, 9.17) is 14.2 Å². The number of carbonyl (C=O) groups excluding carboxylic acids is 1. The van der Waals surface area contributed by atoms with Crippen LogP contribution in [-0.2, 0) is 17.6 Å². The Morgan fingerprint density at radius 3 is 2.76 bits per heavy atom. The van der Waals surface area contributed by atoms with Crippen molar-refractivity contribution in [3.05, 3.63) is 47.2 Å². The van der Waals surface area contributed by atoms with Gasteiger partial charge in [-0.15, -0.1) is 0 Å². The fraction of sp³-hybridized carbons (Fsp3) is 0.250. The van der Waals surface area contributed by atoms with Gasteiger partial charge in [0.25, 0.3) is 0 Å². The van der Waals surface area contributed by atoms with E-state index in [-0.39, 0.29) is 5.97 Å². The summed E-state index contributed by atoms with van der Waals surface area (Å²) >= 11 is 0. The van der Waals surface area contributed by atoms with Crippen LogP contribution in [0.5, 0.6) is 17.4 Å². The molecule has 0 atom stereocenters. The van der Waals surface area contributed by atoms with Gasteiger partial charge in [-0.05, 0) is 36.6 Å². The van der Waals surface area contributed by atoms with Crippen LogP contribution in [0.1, 0.15) is 21.6 Å². The average molecular weight is 285 g/mol. The van der Waals surface area contributed by atoms with Crippen LogP contribution in [0.4, 0.5) is 0 Å². The van der Waals surface area contributed by atoms with Crippen molar-refractivity contribution in [1.82, 2.24) is 4.98 Å². The summed E-state index contributed by atoms with van der Waals surface area (Å²) in [6, 6.07) is 8.94. The number of esters is 1. The lowest BCUT2D eigenvalue weighted by Gasteiger charge is -2.10. The number of pyridine rings is 1. The molecule has 0 saturated carbocycles. The number of benzene rings is 1. The van der Waals surface area contributed by atoms with E-state index in [2.05, 4.69) is 4.98 Å². The number of carbonyl (C=O) groups is 1. The quantitative estimate of drug-likeness (QED) is 0.794. The van der Waals surface area contributed by atoms with Gasteiger partial charge in [0.2, 0.25) is 5.88 Å². The molecule has 0 saturated heterocycles. The van der Waals surface area contributed by atoms with Crippen molar-refractivity contribution in [3.8, 4) is 17.4 Å². The highest BCUT2D eigenvalue weighted by Gasteiger charge is 2.18. The fourth-order valence-corrected chi connectivity index (χ4v) is 2.33. The monoisotopic (exact) mass is 285 g/mol. The van der Waals surface area contributed by atoms with E-state index < -0.39 is 0 Å². The highest BCUT2D eigenvalue weighted by molar-refractivity contribution is 5.90. The van der Waals surface area contributed by atoms with Gasteiger partial charge in [0, 0.05) is 6.07 Å². The molecule has 0 bridgehead atoms. The van der Waals surface area contributed by atoms with Crippen molar-refractivity contribution >= 4 is 5.97 Å². The van der Waals surface area contributed by atoms with Crippen LogP contribution in [0.3, 0.4) is 0 Å². The third-order valence-electron chi connectivity index (χ3n) is 3.46. The summed E-state index contributed by atoms with van der Waals surface area (Å²) in [5.74, 6) is 1.55. The van der Waals surface area contributed by atoms with Crippen molar-refractivity contribution in [1.29, 1.82) is 0 Å². The highest BCUT2D eigenvalue weighted by Crippen LogP contribution is 2.34.